The number of fused-ring (bicyclic) bond motifs is 2. The summed E-state index contributed by atoms with van der Waals surface area (Å²) in [5.41, 5.74) is 7.90. The van der Waals surface area contributed by atoms with Crippen LogP contribution >= 0.6 is 0 Å². The zero-order chi connectivity index (χ0) is 14.2. The number of allylic oxidation sites excluding steroid dienone is 1. The summed E-state index contributed by atoms with van der Waals surface area (Å²) >= 11 is 0. The van der Waals surface area contributed by atoms with E-state index in [-0.39, 0.29) is 0 Å². The highest BCUT2D eigenvalue weighted by Crippen LogP contribution is 2.35. The molecule has 0 unspecified atom stereocenters. The monoisotopic (exact) mass is 271 g/mol. The standard InChI is InChI=1S/C20H17N/c1-2-14-10-15-7-5-8-18(19(15)11-14)17-12-16-6-3-4-9-20(16)21-13-17/h3-9,11-13H,2,10H2,1H3. The third-order valence-electron chi connectivity index (χ3n) is 4.32. The molecule has 102 valence electrons. The van der Waals surface area contributed by atoms with Gasteiger partial charge in [-0.15, -0.1) is 0 Å². The number of benzene rings is 2. The molecule has 0 amide bonds. The minimum Gasteiger partial charge on any atom is -0.256 e. The summed E-state index contributed by atoms with van der Waals surface area (Å²) in [4.78, 5) is 4.60. The lowest BCUT2D eigenvalue weighted by molar-refractivity contribution is 1.04. The lowest BCUT2D eigenvalue weighted by atomic mass is 9.97. The van der Waals surface area contributed by atoms with Gasteiger partial charge in [0.05, 0.1) is 5.52 Å². The van der Waals surface area contributed by atoms with Crippen molar-refractivity contribution in [2.24, 2.45) is 0 Å². The largest absolute Gasteiger partial charge is 0.256 e. The minimum absolute atomic E-state index is 1.05. The average molecular weight is 271 g/mol. The van der Waals surface area contributed by atoms with Gasteiger partial charge in [0.15, 0.2) is 0 Å². The van der Waals surface area contributed by atoms with Crippen molar-refractivity contribution in [2.45, 2.75) is 19.8 Å². The van der Waals surface area contributed by atoms with E-state index in [1.54, 1.807) is 0 Å². The zero-order valence-corrected chi connectivity index (χ0v) is 12.1. The van der Waals surface area contributed by atoms with Gasteiger partial charge in [0.1, 0.15) is 0 Å². The maximum absolute atomic E-state index is 4.60. The Bertz CT molecular complexity index is 859. The number of pyridine rings is 1. The van der Waals surface area contributed by atoms with Gasteiger partial charge in [-0.25, -0.2) is 0 Å². The molecule has 4 rings (SSSR count). The predicted octanol–water partition coefficient (Wildman–Crippen LogP) is 5.25. The highest BCUT2D eigenvalue weighted by atomic mass is 14.6. The van der Waals surface area contributed by atoms with E-state index in [1.165, 1.54) is 33.2 Å². The van der Waals surface area contributed by atoms with Crippen molar-refractivity contribution >= 4 is 17.0 Å². The number of para-hydroxylation sites is 1. The molecule has 21 heavy (non-hydrogen) atoms. The minimum atomic E-state index is 1.05. The molecule has 0 radical (unpaired) electrons. The van der Waals surface area contributed by atoms with E-state index in [1.807, 2.05) is 12.3 Å². The van der Waals surface area contributed by atoms with Crippen LogP contribution in [0, 0.1) is 0 Å². The van der Waals surface area contributed by atoms with E-state index in [2.05, 4.69) is 60.4 Å². The molecule has 0 fully saturated rings. The number of aromatic nitrogens is 1. The summed E-state index contributed by atoms with van der Waals surface area (Å²) in [5.74, 6) is 0. The predicted molar refractivity (Wildman–Crippen MR) is 89.2 cm³/mol. The first-order chi connectivity index (χ1) is 10.3. The molecule has 1 aromatic heterocycles. The molecule has 2 aromatic carbocycles. The fraction of sp³-hybridized carbons (Fsp3) is 0.150. The summed E-state index contributed by atoms with van der Waals surface area (Å²) in [6, 6.07) is 17.1. The topological polar surface area (TPSA) is 12.9 Å². The van der Waals surface area contributed by atoms with Crippen LogP contribution in [-0.2, 0) is 6.42 Å². The van der Waals surface area contributed by atoms with Crippen LogP contribution in [0.15, 0.2) is 60.3 Å². The Balaban J connectivity index is 1.90. The summed E-state index contributed by atoms with van der Waals surface area (Å²) < 4.78 is 0. The van der Waals surface area contributed by atoms with E-state index in [4.69, 9.17) is 0 Å². The van der Waals surface area contributed by atoms with Crippen molar-refractivity contribution in [3.05, 3.63) is 71.4 Å². The van der Waals surface area contributed by atoms with Gasteiger partial charge >= 0.3 is 0 Å². The first kappa shape index (κ1) is 12.3. The molecule has 0 saturated heterocycles. The van der Waals surface area contributed by atoms with Crippen molar-refractivity contribution in [2.75, 3.05) is 0 Å². The molecule has 3 aromatic rings. The second-order valence-electron chi connectivity index (χ2n) is 5.63. The molecule has 1 aliphatic rings. The first-order valence-electron chi connectivity index (χ1n) is 7.51. The van der Waals surface area contributed by atoms with Gasteiger partial charge < -0.3 is 0 Å². The highest BCUT2D eigenvalue weighted by Gasteiger charge is 2.15. The van der Waals surface area contributed by atoms with Gasteiger partial charge in [-0.05, 0) is 41.7 Å². The molecule has 1 heteroatoms. The Morgan fingerprint density at radius 3 is 2.86 bits per heavy atom. The summed E-state index contributed by atoms with van der Waals surface area (Å²) in [6.45, 7) is 2.23. The van der Waals surface area contributed by atoms with Gasteiger partial charge in [-0.1, -0.05) is 55.0 Å². The van der Waals surface area contributed by atoms with Crippen molar-refractivity contribution in [1.82, 2.24) is 4.98 Å². The number of nitrogens with zero attached hydrogens (tertiary/aromatic N) is 1. The van der Waals surface area contributed by atoms with Gasteiger partial charge in [0.2, 0.25) is 0 Å². The van der Waals surface area contributed by atoms with Crippen LogP contribution in [0.1, 0.15) is 24.5 Å². The summed E-state index contributed by atoms with van der Waals surface area (Å²) in [5, 5.41) is 1.20. The van der Waals surface area contributed by atoms with Gasteiger partial charge in [-0.2, -0.15) is 0 Å². The molecule has 0 N–H and O–H groups in total. The number of hydrogen-bond acceptors (Lipinski definition) is 1. The SMILES string of the molecule is CCC1=Cc2c(cccc2-c2cnc3ccccc3c2)C1. The Kier molecular flexibility index (Phi) is 2.85. The molecule has 1 aliphatic carbocycles. The van der Waals surface area contributed by atoms with Crippen molar-refractivity contribution in [3.63, 3.8) is 0 Å². The van der Waals surface area contributed by atoms with Gasteiger partial charge in [0.25, 0.3) is 0 Å². The first-order valence-corrected chi connectivity index (χ1v) is 7.51. The number of rotatable bonds is 2. The number of hydrogen-bond donors (Lipinski definition) is 0. The fourth-order valence-electron chi connectivity index (χ4n) is 3.13. The molecular weight excluding hydrogens is 254 g/mol. The molecule has 1 nitrogen and oxygen atoms in total. The molecule has 0 atom stereocenters. The quantitative estimate of drug-likeness (QED) is 0.620. The van der Waals surface area contributed by atoms with Crippen molar-refractivity contribution < 1.29 is 0 Å². The van der Waals surface area contributed by atoms with E-state index in [9.17, 15) is 0 Å². The zero-order valence-electron chi connectivity index (χ0n) is 12.1. The Labute approximate surface area is 125 Å². The maximum Gasteiger partial charge on any atom is 0.0702 e. The van der Waals surface area contributed by atoms with E-state index < -0.39 is 0 Å². The van der Waals surface area contributed by atoms with Crippen LogP contribution in [0.4, 0.5) is 0 Å². The van der Waals surface area contributed by atoms with Gasteiger partial charge in [0, 0.05) is 17.1 Å². The second kappa shape index (κ2) is 4.85. The molecule has 1 heterocycles. The Morgan fingerprint density at radius 2 is 1.95 bits per heavy atom. The van der Waals surface area contributed by atoms with Crippen LogP contribution in [0.5, 0.6) is 0 Å². The van der Waals surface area contributed by atoms with Crippen molar-refractivity contribution in [3.8, 4) is 11.1 Å². The van der Waals surface area contributed by atoms with Gasteiger partial charge in [-0.3, -0.25) is 4.98 Å². The smallest absolute Gasteiger partial charge is 0.0702 e. The maximum atomic E-state index is 4.60. The molecule has 0 saturated carbocycles. The summed E-state index contributed by atoms with van der Waals surface area (Å²) in [6.07, 6.45) is 6.58. The molecular formula is C20H17N. The van der Waals surface area contributed by atoms with E-state index >= 15 is 0 Å². The average Bonchev–Trinajstić information content (AvgIpc) is 2.97. The van der Waals surface area contributed by atoms with Crippen LogP contribution < -0.4 is 0 Å². The fourth-order valence-corrected chi connectivity index (χ4v) is 3.13. The lowest BCUT2D eigenvalue weighted by Crippen LogP contribution is -1.89. The molecule has 0 bridgehead atoms. The second-order valence-corrected chi connectivity index (χ2v) is 5.63. The third-order valence-corrected chi connectivity index (χ3v) is 4.32. The van der Waals surface area contributed by atoms with Crippen molar-refractivity contribution in [1.29, 1.82) is 0 Å². The molecule has 0 spiro atoms. The van der Waals surface area contributed by atoms with E-state index in [0.717, 1.165) is 18.4 Å². The Hall–Kier alpha value is -2.41. The van der Waals surface area contributed by atoms with Crippen LogP contribution in [0.25, 0.3) is 28.1 Å². The van der Waals surface area contributed by atoms with Crippen LogP contribution in [0.3, 0.4) is 0 Å². The van der Waals surface area contributed by atoms with Crippen LogP contribution in [-0.4, -0.2) is 4.98 Å². The van der Waals surface area contributed by atoms with Crippen LogP contribution in [0.2, 0.25) is 0 Å². The van der Waals surface area contributed by atoms with E-state index in [0.29, 0.717) is 0 Å². The Morgan fingerprint density at radius 1 is 1.05 bits per heavy atom. The normalized spacial score (nSPS) is 13.3. The molecule has 0 aliphatic heterocycles. The lowest BCUT2D eigenvalue weighted by Gasteiger charge is -2.08. The third kappa shape index (κ3) is 2.06. The summed E-state index contributed by atoms with van der Waals surface area (Å²) in [7, 11) is 0. The highest BCUT2D eigenvalue weighted by molar-refractivity contribution is 5.87.